The molecule has 1 saturated heterocycles. The number of methoxy groups -OCH3 is 1. The predicted molar refractivity (Wildman–Crippen MR) is 87.5 cm³/mol. The van der Waals surface area contributed by atoms with E-state index in [0.717, 1.165) is 38.3 Å². The molecule has 1 fully saturated rings. The number of carbonyl (C=O) groups excluding carboxylic acids is 1. The number of piperazine rings is 1. The molecule has 2 unspecified atom stereocenters. The number of amides is 1. The van der Waals surface area contributed by atoms with E-state index in [2.05, 4.69) is 11.8 Å². The molecule has 2 atom stereocenters. The Morgan fingerprint density at radius 3 is 2.73 bits per heavy atom. The molecule has 1 amide bonds. The van der Waals surface area contributed by atoms with Gasteiger partial charge in [0, 0.05) is 51.8 Å². The molecule has 5 nitrogen and oxygen atoms in total. The van der Waals surface area contributed by atoms with Crippen molar-refractivity contribution in [3.05, 3.63) is 35.9 Å². The summed E-state index contributed by atoms with van der Waals surface area (Å²) in [5.74, 6) is 0.148. The summed E-state index contributed by atoms with van der Waals surface area (Å²) in [7, 11) is 1.72. The second-order valence-corrected chi connectivity index (χ2v) is 5.94. The molecule has 1 aromatic rings. The summed E-state index contributed by atoms with van der Waals surface area (Å²) >= 11 is 0. The lowest BCUT2D eigenvalue weighted by Crippen LogP contribution is -2.54. The Morgan fingerprint density at radius 2 is 2.09 bits per heavy atom. The highest BCUT2D eigenvalue weighted by atomic mass is 16.5. The van der Waals surface area contributed by atoms with Crippen molar-refractivity contribution in [1.29, 1.82) is 0 Å². The second-order valence-electron chi connectivity index (χ2n) is 5.94. The third-order valence-corrected chi connectivity index (χ3v) is 4.32. The molecule has 0 radical (unpaired) electrons. The maximum Gasteiger partial charge on any atom is 0.224 e. The van der Waals surface area contributed by atoms with Gasteiger partial charge in [0.1, 0.15) is 0 Å². The van der Waals surface area contributed by atoms with Gasteiger partial charge in [-0.2, -0.15) is 0 Å². The van der Waals surface area contributed by atoms with Crippen LogP contribution in [-0.4, -0.2) is 61.6 Å². The van der Waals surface area contributed by atoms with Crippen molar-refractivity contribution in [2.75, 3.05) is 39.9 Å². The molecule has 0 bridgehead atoms. The summed E-state index contributed by atoms with van der Waals surface area (Å²) in [6.45, 7) is 6.25. The van der Waals surface area contributed by atoms with Gasteiger partial charge in [-0.05, 0) is 12.5 Å². The number of nitrogens with zero attached hydrogens (tertiary/aromatic N) is 2. The highest BCUT2D eigenvalue weighted by Gasteiger charge is 2.27. The van der Waals surface area contributed by atoms with Crippen LogP contribution in [0.25, 0.3) is 0 Å². The van der Waals surface area contributed by atoms with Gasteiger partial charge in [0.15, 0.2) is 0 Å². The largest absolute Gasteiger partial charge is 0.383 e. The predicted octanol–water partition coefficient (Wildman–Crippen LogP) is 1.26. The van der Waals surface area contributed by atoms with Crippen molar-refractivity contribution in [3.8, 4) is 0 Å². The van der Waals surface area contributed by atoms with Crippen LogP contribution >= 0.6 is 0 Å². The second kappa shape index (κ2) is 8.27. The fourth-order valence-electron chi connectivity index (χ4n) is 2.90. The van der Waals surface area contributed by atoms with Gasteiger partial charge in [-0.15, -0.1) is 0 Å². The lowest BCUT2D eigenvalue weighted by atomic mass is 10.0. The Balaban J connectivity index is 1.84. The summed E-state index contributed by atoms with van der Waals surface area (Å²) in [6.07, 6.45) is 0.370. The number of rotatable bonds is 6. The summed E-state index contributed by atoms with van der Waals surface area (Å²) in [5.41, 5.74) is 7.17. The normalized spacial score (nSPS) is 20.9. The third kappa shape index (κ3) is 4.53. The average Bonchev–Trinajstić information content (AvgIpc) is 2.54. The van der Waals surface area contributed by atoms with E-state index < -0.39 is 0 Å². The molecule has 2 N–H and O–H groups in total. The van der Waals surface area contributed by atoms with Crippen LogP contribution < -0.4 is 5.73 Å². The van der Waals surface area contributed by atoms with Gasteiger partial charge in [0.05, 0.1) is 6.61 Å². The van der Waals surface area contributed by atoms with Gasteiger partial charge >= 0.3 is 0 Å². The van der Waals surface area contributed by atoms with Gasteiger partial charge in [-0.25, -0.2) is 0 Å². The fourth-order valence-corrected chi connectivity index (χ4v) is 2.90. The zero-order valence-corrected chi connectivity index (χ0v) is 13.6. The number of carbonyl (C=O) groups is 1. The minimum absolute atomic E-state index is 0.148. The summed E-state index contributed by atoms with van der Waals surface area (Å²) in [4.78, 5) is 16.8. The van der Waals surface area contributed by atoms with E-state index in [1.54, 1.807) is 7.11 Å². The van der Waals surface area contributed by atoms with Gasteiger partial charge in [0.2, 0.25) is 5.91 Å². The van der Waals surface area contributed by atoms with Crippen molar-refractivity contribution in [3.63, 3.8) is 0 Å². The minimum atomic E-state index is -0.226. The van der Waals surface area contributed by atoms with Crippen LogP contribution in [0.5, 0.6) is 0 Å². The maximum atomic E-state index is 12.5. The maximum absolute atomic E-state index is 12.5. The molecule has 0 aliphatic carbocycles. The van der Waals surface area contributed by atoms with Crippen molar-refractivity contribution in [1.82, 2.24) is 9.80 Å². The van der Waals surface area contributed by atoms with E-state index in [9.17, 15) is 4.79 Å². The van der Waals surface area contributed by atoms with Crippen LogP contribution in [-0.2, 0) is 9.53 Å². The lowest BCUT2D eigenvalue weighted by molar-refractivity contribution is -0.134. The monoisotopic (exact) mass is 305 g/mol. The highest BCUT2D eigenvalue weighted by Crippen LogP contribution is 2.17. The zero-order chi connectivity index (χ0) is 15.9. The Bertz CT molecular complexity index is 466. The van der Waals surface area contributed by atoms with Crippen molar-refractivity contribution in [2.24, 2.45) is 5.73 Å². The van der Waals surface area contributed by atoms with Crippen molar-refractivity contribution >= 4 is 5.91 Å². The van der Waals surface area contributed by atoms with Crippen LogP contribution in [0.2, 0.25) is 0 Å². The first-order valence-electron chi connectivity index (χ1n) is 7.93. The Labute approximate surface area is 133 Å². The van der Waals surface area contributed by atoms with Crippen LogP contribution in [0.1, 0.15) is 24.9 Å². The van der Waals surface area contributed by atoms with Gasteiger partial charge in [-0.3, -0.25) is 9.69 Å². The van der Waals surface area contributed by atoms with E-state index >= 15 is 0 Å². The highest BCUT2D eigenvalue weighted by molar-refractivity contribution is 5.77. The third-order valence-electron chi connectivity index (χ3n) is 4.32. The van der Waals surface area contributed by atoms with Crippen LogP contribution in [0.15, 0.2) is 30.3 Å². The molecule has 1 aliphatic heterocycles. The molecule has 22 heavy (non-hydrogen) atoms. The van der Waals surface area contributed by atoms with Crippen molar-refractivity contribution in [2.45, 2.75) is 25.4 Å². The van der Waals surface area contributed by atoms with Crippen molar-refractivity contribution < 1.29 is 9.53 Å². The molecule has 0 spiro atoms. The topological polar surface area (TPSA) is 58.8 Å². The average molecular weight is 305 g/mol. The molecule has 1 heterocycles. The Hall–Kier alpha value is -1.43. The molecule has 1 aromatic carbocycles. The summed E-state index contributed by atoms with van der Waals surface area (Å²) < 4.78 is 5.13. The van der Waals surface area contributed by atoms with Gasteiger partial charge in [0.25, 0.3) is 0 Å². The van der Waals surface area contributed by atoms with Gasteiger partial charge in [-0.1, -0.05) is 30.3 Å². The number of nitrogens with two attached hydrogens (primary N) is 1. The molecule has 5 heteroatoms. The van der Waals surface area contributed by atoms with Crippen LogP contribution in [0, 0.1) is 0 Å². The quantitative estimate of drug-likeness (QED) is 0.859. The van der Waals surface area contributed by atoms with E-state index in [-0.39, 0.29) is 11.9 Å². The van der Waals surface area contributed by atoms with E-state index in [0.29, 0.717) is 12.5 Å². The first-order chi connectivity index (χ1) is 10.6. The first kappa shape index (κ1) is 16.9. The molecule has 0 aromatic heterocycles. The summed E-state index contributed by atoms with van der Waals surface area (Å²) in [6, 6.07) is 9.95. The molecule has 1 aliphatic rings. The smallest absolute Gasteiger partial charge is 0.224 e. The molecule has 2 rings (SSSR count). The van der Waals surface area contributed by atoms with Crippen LogP contribution in [0.3, 0.4) is 0 Å². The van der Waals surface area contributed by atoms with Gasteiger partial charge < -0.3 is 15.4 Å². The molecule has 122 valence electrons. The number of benzene rings is 1. The Morgan fingerprint density at radius 1 is 1.36 bits per heavy atom. The number of hydrogen-bond acceptors (Lipinski definition) is 4. The first-order valence-corrected chi connectivity index (χ1v) is 7.93. The van der Waals surface area contributed by atoms with Crippen LogP contribution in [0.4, 0.5) is 0 Å². The van der Waals surface area contributed by atoms with E-state index in [1.807, 2.05) is 35.2 Å². The number of ether oxygens (including phenoxy) is 1. The van der Waals surface area contributed by atoms with E-state index in [1.165, 1.54) is 0 Å². The lowest BCUT2D eigenvalue weighted by Gasteiger charge is -2.40. The number of hydrogen-bond donors (Lipinski definition) is 1. The molecular weight excluding hydrogens is 278 g/mol. The minimum Gasteiger partial charge on any atom is -0.383 e. The Kier molecular flexibility index (Phi) is 6.36. The SMILES string of the molecule is COCCN1CCN(C(=O)CC(N)c2ccccc2)CC1C. The van der Waals surface area contributed by atoms with E-state index in [4.69, 9.17) is 10.5 Å². The summed E-state index contributed by atoms with van der Waals surface area (Å²) in [5, 5.41) is 0. The zero-order valence-electron chi connectivity index (χ0n) is 13.6. The standard InChI is InChI=1S/C17H27N3O2/c1-14-13-20(9-8-19(14)10-11-22-2)17(21)12-16(18)15-6-4-3-5-7-15/h3-7,14,16H,8-13,18H2,1-2H3. The molecule has 0 saturated carbocycles. The fraction of sp³-hybridized carbons (Fsp3) is 0.588. The molecular formula is C17H27N3O2.